The van der Waals surface area contributed by atoms with E-state index in [0.29, 0.717) is 23.1 Å². The van der Waals surface area contributed by atoms with E-state index in [1.807, 2.05) is 50.2 Å². The van der Waals surface area contributed by atoms with Gasteiger partial charge in [-0.1, -0.05) is 35.6 Å². The highest BCUT2D eigenvalue weighted by Crippen LogP contribution is 2.35. The van der Waals surface area contributed by atoms with Crippen molar-refractivity contribution in [3.8, 4) is 5.75 Å². The van der Waals surface area contributed by atoms with E-state index in [0.717, 1.165) is 26.9 Å². The fourth-order valence-electron chi connectivity index (χ4n) is 3.90. The second-order valence-electron chi connectivity index (χ2n) is 7.86. The van der Waals surface area contributed by atoms with Crippen molar-refractivity contribution in [3.05, 3.63) is 83.4 Å². The zero-order valence-electron chi connectivity index (χ0n) is 18.7. The Labute approximate surface area is 195 Å². The lowest BCUT2D eigenvalue weighted by molar-refractivity contribution is 0.0960. The van der Waals surface area contributed by atoms with Gasteiger partial charge in [0.15, 0.2) is 22.2 Å². The number of aryl methyl sites for hydroxylation is 2. The van der Waals surface area contributed by atoms with Gasteiger partial charge in [-0.15, -0.1) is 0 Å². The topological polar surface area (TPSA) is 68.5 Å². The molecule has 3 heterocycles. The lowest BCUT2D eigenvalue weighted by atomic mass is 10.1. The van der Waals surface area contributed by atoms with Crippen LogP contribution in [0.15, 0.2) is 65.2 Å². The number of anilines is 1. The maximum Gasteiger partial charge on any atom is 0.296 e. The first-order valence-electron chi connectivity index (χ1n) is 10.8. The normalized spacial score (nSPS) is 11.2. The van der Waals surface area contributed by atoms with Gasteiger partial charge in [-0.05, 0) is 62.2 Å². The molecule has 0 spiro atoms. The number of para-hydroxylation sites is 1. The van der Waals surface area contributed by atoms with Gasteiger partial charge in [0.1, 0.15) is 0 Å². The summed E-state index contributed by atoms with van der Waals surface area (Å²) in [7, 11) is 0. The minimum atomic E-state index is -0.271. The van der Waals surface area contributed by atoms with Gasteiger partial charge in [-0.25, -0.2) is 4.98 Å². The monoisotopic (exact) mass is 457 g/mol. The number of carbonyl (C=O) groups excluding carboxylic acids is 1. The molecule has 33 heavy (non-hydrogen) atoms. The Morgan fingerprint density at radius 2 is 2.00 bits per heavy atom. The largest absolute Gasteiger partial charge is 0.490 e. The van der Waals surface area contributed by atoms with Crippen LogP contribution in [0.25, 0.3) is 21.2 Å². The summed E-state index contributed by atoms with van der Waals surface area (Å²) in [5.41, 5.74) is 4.49. The third-order valence-electron chi connectivity index (χ3n) is 5.36. The van der Waals surface area contributed by atoms with Crippen molar-refractivity contribution in [2.75, 3.05) is 11.5 Å². The molecule has 2 aromatic carbocycles. The summed E-state index contributed by atoms with van der Waals surface area (Å²) < 4.78 is 12.7. The van der Waals surface area contributed by atoms with E-state index in [2.05, 4.69) is 24.0 Å². The Balaban J connectivity index is 1.60. The highest BCUT2D eigenvalue weighted by atomic mass is 32.1. The van der Waals surface area contributed by atoms with Crippen molar-refractivity contribution >= 4 is 43.6 Å². The maximum atomic E-state index is 13.7. The Morgan fingerprint density at radius 1 is 1.12 bits per heavy atom. The molecule has 0 aliphatic carbocycles. The number of aromatic nitrogens is 2. The highest BCUT2D eigenvalue weighted by molar-refractivity contribution is 7.22. The fourth-order valence-corrected chi connectivity index (χ4v) is 5.04. The summed E-state index contributed by atoms with van der Waals surface area (Å²) in [4.78, 5) is 24.6. The minimum Gasteiger partial charge on any atom is -0.490 e. The summed E-state index contributed by atoms with van der Waals surface area (Å²) in [6.07, 6.45) is 1.72. The van der Waals surface area contributed by atoms with Crippen LogP contribution in [0.5, 0.6) is 5.75 Å². The minimum absolute atomic E-state index is 0.236. The molecule has 0 fully saturated rings. The zero-order valence-corrected chi connectivity index (χ0v) is 19.5. The molecule has 0 bridgehead atoms. The maximum absolute atomic E-state index is 13.7. The third kappa shape index (κ3) is 4.07. The number of furan rings is 1. The average Bonchev–Trinajstić information content (AvgIpc) is 3.43. The molecular formula is C26H23N3O3S. The number of hydrogen-bond donors (Lipinski definition) is 0. The molecule has 6 nitrogen and oxygen atoms in total. The second-order valence-corrected chi connectivity index (χ2v) is 8.86. The number of pyridine rings is 1. The molecule has 0 atom stereocenters. The van der Waals surface area contributed by atoms with Crippen molar-refractivity contribution in [1.29, 1.82) is 0 Å². The first kappa shape index (κ1) is 21.2. The van der Waals surface area contributed by atoms with E-state index in [4.69, 9.17) is 14.1 Å². The van der Waals surface area contributed by atoms with Gasteiger partial charge >= 0.3 is 0 Å². The number of fused-ring (bicyclic) bond motifs is 2. The first-order chi connectivity index (χ1) is 16.0. The smallest absolute Gasteiger partial charge is 0.296 e. The van der Waals surface area contributed by atoms with Crippen LogP contribution >= 0.6 is 11.3 Å². The number of hydrogen-bond acceptors (Lipinski definition) is 6. The van der Waals surface area contributed by atoms with E-state index < -0.39 is 0 Å². The summed E-state index contributed by atoms with van der Waals surface area (Å²) in [5, 5.41) is 1.43. The number of rotatable bonds is 6. The van der Waals surface area contributed by atoms with Crippen molar-refractivity contribution in [3.63, 3.8) is 0 Å². The molecule has 3 aromatic heterocycles. The number of benzene rings is 2. The van der Waals surface area contributed by atoms with Crippen LogP contribution in [0.4, 0.5) is 5.13 Å². The number of nitrogens with zero attached hydrogens (tertiary/aromatic N) is 3. The summed E-state index contributed by atoms with van der Waals surface area (Å²) in [5.74, 6) is 0.587. The van der Waals surface area contributed by atoms with Gasteiger partial charge < -0.3 is 9.15 Å². The van der Waals surface area contributed by atoms with Crippen molar-refractivity contribution < 1.29 is 13.9 Å². The van der Waals surface area contributed by atoms with Crippen LogP contribution in [-0.2, 0) is 6.54 Å². The van der Waals surface area contributed by atoms with Gasteiger partial charge in [0, 0.05) is 11.6 Å². The molecule has 0 N–H and O–H groups in total. The Morgan fingerprint density at radius 3 is 2.79 bits per heavy atom. The van der Waals surface area contributed by atoms with Gasteiger partial charge in [-0.3, -0.25) is 14.7 Å². The van der Waals surface area contributed by atoms with E-state index in [-0.39, 0.29) is 18.2 Å². The number of amides is 1. The molecule has 166 valence electrons. The molecule has 0 radical (unpaired) electrons. The Hall–Kier alpha value is -3.71. The van der Waals surface area contributed by atoms with Crippen LogP contribution in [0, 0.1) is 13.8 Å². The summed E-state index contributed by atoms with van der Waals surface area (Å²) in [6.45, 7) is 6.82. The van der Waals surface area contributed by atoms with E-state index in [1.54, 1.807) is 17.2 Å². The van der Waals surface area contributed by atoms with Crippen LogP contribution in [0.3, 0.4) is 0 Å². The molecule has 5 rings (SSSR count). The van der Waals surface area contributed by atoms with Crippen LogP contribution in [0.2, 0.25) is 0 Å². The Kier molecular flexibility index (Phi) is 5.56. The van der Waals surface area contributed by atoms with Crippen LogP contribution in [0.1, 0.15) is 34.3 Å². The van der Waals surface area contributed by atoms with Gasteiger partial charge in [-0.2, -0.15) is 0 Å². The predicted octanol–water partition coefficient (Wildman–Crippen LogP) is 6.30. The molecule has 0 saturated heterocycles. The van der Waals surface area contributed by atoms with Crippen molar-refractivity contribution in [2.45, 2.75) is 27.3 Å². The fraction of sp³-hybridized carbons (Fsp3) is 0.192. The SMILES string of the molecule is CCOc1cccc2cc(C(=O)N(Cc3ccccn3)c3nc4c(C)cc(C)cc4s3)oc12. The molecular weight excluding hydrogens is 434 g/mol. The lowest BCUT2D eigenvalue weighted by Gasteiger charge is -2.18. The molecule has 0 saturated carbocycles. The molecule has 0 unspecified atom stereocenters. The Bertz CT molecular complexity index is 1460. The van der Waals surface area contributed by atoms with E-state index in [9.17, 15) is 4.79 Å². The summed E-state index contributed by atoms with van der Waals surface area (Å²) in [6, 6.07) is 17.3. The van der Waals surface area contributed by atoms with Crippen molar-refractivity contribution in [2.24, 2.45) is 0 Å². The highest BCUT2D eigenvalue weighted by Gasteiger charge is 2.26. The van der Waals surface area contributed by atoms with Gasteiger partial charge in [0.25, 0.3) is 5.91 Å². The van der Waals surface area contributed by atoms with Crippen LogP contribution in [-0.4, -0.2) is 22.5 Å². The molecule has 1 amide bonds. The molecule has 7 heteroatoms. The predicted molar refractivity (Wildman–Crippen MR) is 131 cm³/mol. The molecule has 0 aliphatic rings. The summed E-state index contributed by atoms with van der Waals surface area (Å²) >= 11 is 1.49. The number of ether oxygens (including phenoxy) is 1. The van der Waals surface area contributed by atoms with E-state index >= 15 is 0 Å². The molecule has 5 aromatic rings. The third-order valence-corrected chi connectivity index (χ3v) is 6.38. The second kappa shape index (κ2) is 8.67. The zero-order chi connectivity index (χ0) is 22.9. The number of thiazole rings is 1. The van der Waals surface area contributed by atoms with Gasteiger partial charge in [0.05, 0.1) is 29.1 Å². The first-order valence-corrected chi connectivity index (χ1v) is 11.6. The van der Waals surface area contributed by atoms with Crippen molar-refractivity contribution in [1.82, 2.24) is 9.97 Å². The lowest BCUT2D eigenvalue weighted by Crippen LogP contribution is -2.30. The average molecular weight is 458 g/mol. The number of carbonyl (C=O) groups is 1. The van der Waals surface area contributed by atoms with E-state index in [1.165, 1.54) is 16.9 Å². The van der Waals surface area contributed by atoms with Gasteiger partial charge in [0.2, 0.25) is 0 Å². The standard InChI is InChI=1S/C26H23N3O3S/c1-4-31-20-10-7-8-18-14-21(32-24(18)20)25(30)29(15-19-9-5-6-11-27-19)26-28-23-17(3)12-16(2)13-22(23)33-26/h5-14H,4,15H2,1-3H3. The quantitative estimate of drug-likeness (QED) is 0.299. The molecule has 0 aliphatic heterocycles. The van der Waals surface area contributed by atoms with Crippen LogP contribution < -0.4 is 9.64 Å².